The number of ether oxygens (including phenoxy) is 1. The second-order valence-electron chi connectivity index (χ2n) is 6.38. The Bertz CT molecular complexity index is 1050. The average Bonchev–Trinajstić information content (AvgIpc) is 2.74. The van der Waals surface area contributed by atoms with E-state index < -0.39 is 0 Å². The highest BCUT2D eigenvalue weighted by molar-refractivity contribution is 14.1. The monoisotopic (exact) mass is 675 g/mol. The molecule has 3 aromatic carbocycles. The summed E-state index contributed by atoms with van der Waals surface area (Å²) in [4.78, 5) is 12.0. The van der Waals surface area contributed by atoms with Gasteiger partial charge < -0.3 is 10.1 Å². The van der Waals surface area contributed by atoms with Gasteiger partial charge in [0.1, 0.15) is 12.4 Å². The van der Waals surface area contributed by atoms with Gasteiger partial charge in [-0.05, 0) is 114 Å². The molecule has 0 saturated carbocycles. The van der Waals surface area contributed by atoms with Crippen LogP contribution >= 0.6 is 66.1 Å². The highest BCUT2D eigenvalue weighted by Crippen LogP contribution is 2.35. The van der Waals surface area contributed by atoms with E-state index >= 15 is 0 Å². The van der Waals surface area contributed by atoms with Gasteiger partial charge in [-0.2, -0.15) is 5.10 Å². The Balaban J connectivity index is 1.52. The average molecular weight is 678 g/mol. The first-order chi connectivity index (χ1) is 14.9. The summed E-state index contributed by atoms with van der Waals surface area (Å²) < 4.78 is 8.58. The van der Waals surface area contributed by atoms with Gasteiger partial charge in [-0.15, -0.1) is 0 Å². The maximum absolute atomic E-state index is 12.0. The van der Waals surface area contributed by atoms with Crippen molar-refractivity contribution in [2.24, 2.45) is 5.10 Å². The molecule has 0 unspecified atom stereocenters. The Morgan fingerprint density at radius 3 is 2.35 bits per heavy atom. The van der Waals surface area contributed by atoms with E-state index in [2.05, 4.69) is 70.3 Å². The Hall–Kier alpha value is -1.62. The number of hydrogen-bond acceptors (Lipinski definition) is 4. The maximum Gasteiger partial charge on any atom is 0.259 e. The molecule has 0 aromatic heterocycles. The molecular weight excluding hydrogens is 660 g/mol. The number of hydrogen-bond donors (Lipinski definition) is 2. The number of carbonyl (C=O) groups is 1. The molecule has 5 nitrogen and oxygen atoms in total. The Labute approximate surface area is 216 Å². The van der Waals surface area contributed by atoms with Crippen LogP contribution in [0.1, 0.15) is 11.1 Å². The molecule has 1 amide bonds. The van der Waals surface area contributed by atoms with Gasteiger partial charge in [0.15, 0.2) is 0 Å². The van der Waals surface area contributed by atoms with Crippen molar-refractivity contribution < 1.29 is 9.53 Å². The van der Waals surface area contributed by atoms with E-state index in [9.17, 15) is 4.79 Å². The van der Waals surface area contributed by atoms with E-state index in [-0.39, 0.29) is 12.5 Å². The molecule has 3 rings (SSSR count). The molecule has 2 N–H and O–H groups in total. The molecule has 0 bridgehead atoms. The van der Waals surface area contributed by atoms with Gasteiger partial charge in [0.05, 0.1) is 21.7 Å². The molecule has 0 aliphatic carbocycles. The number of benzene rings is 3. The molecular formula is C22H17Br2ClIN3O2. The van der Waals surface area contributed by atoms with Crippen LogP contribution in [0.4, 0.5) is 5.69 Å². The number of amides is 1. The largest absolute Gasteiger partial charge is 0.487 e. The van der Waals surface area contributed by atoms with Gasteiger partial charge in [0.2, 0.25) is 0 Å². The Morgan fingerprint density at radius 2 is 1.71 bits per heavy atom. The fourth-order valence-electron chi connectivity index (χ4n) is 2.50. The molecule has 0 aliphatic rings. The van der Waals surface area contributed by atoms with Crippen molar-refractivity contribution in [3.05, 3.63) is 89.3 Å². The standard InChI is InChI=1S/C22H17Br2ClIN3O2/c23-19-9-15(10-20(24)22(19)31-13-14-1-3-16(25)4-2-14)11-28-29-21(30)12-27-18-7-5-17(26)6-8-18/h1-11,27H,12-13H2,(H,29,30)/b28-11-. The summed E-state index contributed by atoms with van der Waals surface area (Å²) in [6, 6.07) is 19.0. The van der Waals surface area contributed by atoms with Gasteiger partial charge in [-0.3, -0.25) is 4.79 Å². The van der Waals surface area contributed by atoms with Crippen molar-refractivity contribution in [2.45, 2.75) is 6.61 Å². The lowest BCUT2D eigenvalue weighted by atomic mass is 10.2. The summed E-state index contributed by atoms with van der Waals surface area (Å²) in [7, 11) is 0. The lowest BCUT2D eigenvalue weighted by molar-refractivity contribution is -0.119. The van der Waals surface area contributed by atoms with E-state index in [0.29, 0.717) is 17.4 Å². The van der Waals surface area contributed by atoms with Crippen molar-refractivity contribution >= 4 is 83.9 Å². The van der Waals surface area contributed by atoms with Gasteiger partial charge in [-0.25, -0.2) is 5.43 Å². The maximum atomic E-state index is 12.0. The zero-order valence-corrected chi connectivity index (χ0v) is 22.1. The third kappa shape index (κ3) is 7.78. The first-order valence-corrected chi connectivity index (χ1v) is 12.1. The fourth-order valence-corrected chi connectivity index (χ4v) is 4.43. The number of nitrogens with zero attached hydrogens (tertiary/aromatic N) is 1. The minimum atomic E-state index is -0.240. The van der Waals surface area contributed by atoms with E-state index in [4.69, 9.17) is 16.3 Å². The third-order valence-electron chi connectivity index (χ3n) is 4.02. The molecule has 9 heteroatoms. The molecule has 0 fully saturated rings. The lowest BCUT2D eigenvalue weighted by Gasteiger charge is -2.11. The normalized spacial score (nSPS) is 10.8. The van der Waals surface area contributed by atoms with Crippen molar-refractivity contribution in [3.63, 3.8) is 0 Å². The van der Waals surface area contributed by atoms with Crippen LogP contribution in [0.2, 0.25) is 5.02 Å². The molecule has 0 saturated heterocycles. The van der Waals surface area contributed by atoms with Crippen molar-refractivity contribution in [1.82, 2.24) is 5.43 Å². The van der Waals surface area contributed by atoms with Crippen LogP contribution in [-0.2, 0) is 11.4 Å². The Morgan fingerprint density at radius 1 is 1.06 bits per heavy atom. The minimum Gasteiger partial charge on any atom is -0.487 e. The van der Waals surface area contributed by atoms with Crippen LogP contribution in [0, 0.1) is 3.57 Å². The minimum absolute atomic E-state index is 0.128. The fraction of sp³-hybridized carbons (Fsp3) is 0.0909. The lowest BCUT2D eigenvalue weighted by Crippen LogP contribution is -2.25. The SMILES string of the molecule is O=C(CNc1ccc(I)cc1)N/N=C\c1cc(Br)c(OCc2ccc(Cl)cc2)c(Br)c1. The van der Waals surface area contributed by atoms with Crippen LogP contribution in [0.15, 0.2) is 74.7 Å². The van der Waals surface area contributed by atoms with E-state index in [1.165, 1.54) is 0 Å². The molecule has 0 aliphatic heterocycles. The molecule has 31 heavy (non-hydrogen) atoms. The second-order valence-corrected chi connectivity index (χ2v) is 9.77. The van der Waals surface area contributed by atoms with Crippen molar-refractivity contribution in [3.8, 4) is 5.75 Å². The van der Waals surface area contributed by atoms with E-state index in [1.807, 2.05) is 60.7 Å². The van der Waals surface area contributed by atoms with Crippen LogP contribution in [0.5, 0.6) is 5.75 Å². The first-order valence-electron chi connectivity index (χ1n) is 9.08. The van der Waals surface area contributed by atoms with Gasteiger partial charge in [-0.1, -0.05) is 23.7 Å². The van der Waals surface area contributed by atoms with Crippen molar-refractivity contribution in [2.75, 3.05) is 11.9 Å². The second kappa shape index (κ2) is 11.8. The van der Waals surface area contributed by atoms with Gasteiger partial charge >= 0.3 is 0 Å². The van der Waals surface area contributed by atoms with Crippen LogP contribution in [0.3, 0.4) is 0 Å². The quantitative estimate of drug-likeness (QED) is 0.160. The molecule has 0 heterocycles. The molecule has 3 aromatic rings. The smallest absolute Gasteiger partial charge is 0.259 e. The van der Waals surface area contributed by atoms with Gasteiger partial charge in [0, 0.05) is 14.3 Å². The number of nitrogens with one attached hydrogen (secondary N) is 2. The number of anilines is 1. The predicted molar refractivity (Wildman–Crippen MR) is 141 cm³/mol. The summed E-state index contributed by atoms with van der Waals surface area (Å²) in [5, 5.41) is 7.76. The van der Waals surface area contributed by atoms with Crippen LogP contribution < -0.4 is 15.5 Å². The summed E-state index contributed by atoms with van der Waals surface area (Å²) >= 11 is 15.2. The number of rotatable bonds is 8. The first kappa shape index (κ1) is 24.0. The van der Waals surface area contributed by atoms with E-state index in [1.54, 1.807) is 6.21 Å². The molecule has 0 atom stereocenters. The number of carbonyl (C=O) groups excluding carboxylic acids is 1. The summed E-state index contributed by atoms with van der Waals surface area (Å²) in [5.41, 5.74) is 5.19. The molecule has 160 valence electrons. The highest BCUT2D eigenvalue weighted by atomic mass is 127. The van der Waals surface area contributed by atoms with Gasteiger partial charge in [0.25, 0.3) is 5.91 Å². The zero-order valence-electron chi connectivity index (χ0n) is 16.0. The third-order valence-corrected chi connectivity index (χ3v) is 6.17. The summed E-state index contributed by atoms with van der Waals surface area (Å²) in [6.45, 7) is 0.536. The Kier molecular flexibility index (Phi) is 9.18. The van der Waals surface area contributed by atoms with E-state index in [0.717, 1.165) is 29.3 Å². The molecule has 0 radical (unpaired) electrons. The van der Waals surface area contributed by atoms with Crippen LogP contribution in [-0.4, -0.2) is 18.7 Å². The zero-order chi connectivity index (χ0) is 22.2. The summed E-state index contributed by atoms with van der Waals surface area (Å²) in [5.74, 6) is 0.439. The molecule has 0 spiro atoms. The van der Waals surface area contributed by atoms with Crippen molar-refractivity contribution in [1.29, 1.82) is 0 Å². The number of hydrazone groups is 1. The topological polar surface area (TPSA) is 62.7 Å². The number of halogens is 4. The van der Waals surface area contributed by atoms with Crippen LogP contribution in [0.25, 0.3) is 0 Å². The summed E-state index contributed by atoms with van der Waals surface area (Å²) in [6.07, 6.45) is 1.57. The highest BCUT2D eigenvalue weighted by Gasteiger charge is 2.09. The predicted octanol–water partition coefficient (Wildman–Crippen LogP) is 6.61.